The maximum absolute atomic E-state index is 13.2. The standard InChI is InChI=1S/C22H26BrNO5/c1-6-29-16-8-12(7-13(23)20(16)26)18-17(21(27)28-5)11(2)24-14-9-22(3,4)10-15(25)19(14)18/h7-8,18,24,26H,6,9-10H2,1-5H3/t18-/m1/s1. The summed E-state index contributed by atoms with van der Waals surface area (Å²) in [5.74, 6) is -0.812. The first-order valence-electron chi connectivity index (χ1n) is 9.57. The number of hydrogen-bond donors (Lipinski definition) is 2. The van der Waals surface area contributed by atoms with Crippen LogP contribution in [0.3, 0.4) is 0 Å². The van der Waals surface area contributed by atoms with Crippen LogP contribution in [0, 0.1) is 5.41 Å². The van der Waals surface area contributed by atoms with Crippen LogP contribution in [0.15, 0.2) is 39.1 Å². The third-order valence-electron chi connectivity index (χ3n) is 5.33. The quantitative estimate of drug-likeness (QED) is 0.646. The number of nitrogens with one attached hydrogen (secondary N) is 1. The molecule has 1 aromatic rings. The highest BCUT2D eigenvalue weighted by atomic mass is 79.9. The van der Waals surface area contributed by atoms with E-state index >= 15 is 0 Å². The number of dihydropyridines is 1. The number of Topliss-reactive ketones (excluding diaryl/α,β-unsaturated/α-hetero) is 1. The lowest BCUT2D eigenvalue weighted by atomic mass is 9.68. The average molecular weight is 464 g/mol. The Balaban J connectivity index is 2.25. The van der Waals surface area contributed by atoms with Crippen LogP contribution in [-0.2, 0) is 14.3 Å². The Hall–Kier alpha value is -2.28. The second kappa shape index (κ2) is 7.86. The first kappa shape index (κ1) is 21.4. The van der Waals surface area contributed by atoms with Gasteiger partial charge in [0.1, 0.15) is 0 Å². The molecule has 0 bridgehead atoms. The summed E-state index contributed by atoms with van der Waals surface area (Å²) in [7, 11) is 1.33. The molecule has 1 aromatic carbocycles. The van der Waals surface area contributed by atoms with Crippen LogP contribution in [0.2, 0.25) is 0 Å². The second-order valence-corrected chi connectivity index (χ2v) is 9.06. The predicted molar refractivity (Wildman–Crippen MR) is 113 cm³/mol. The Kier molecular flexibility index (Phi) is 5.81. The van der Waals surface area contributed by atoms with Crippen LogP contribution in [-0.4, -0.2) is 30.6 Å². The molecule has 0 spiro atoms. The highest BCUT2D eigenvalue weighted by molar-refractivity contribution is 9.10. The van der Waals surface area contributed by atoms with Crippen molar-refractivity contribution in [3.8, 4) is 11.5 Å². The molecule has 1 aliphatic carbocycles. The van der Waals surface area contributed by atoms with Crippen molar-refractivity contribution < 1.29 is 24.2 Å². The van der Waals surface area contributed by atoms with Gasteiger partial charge in [0.05, 0.1) is 23.8 Å². The largest absolute Gasteiger partial charge is 0.503 e. The van der Waals surface area contributed by atoms with E-state index in [4.69, 9.17) is 9.47 Å². The minimum absolute atomic E-state index is 0.00445. The summed E-state index contributed by atoms with van der Waals surface area (Å²) in [6.45, 7) is 8.13. The molecule has 0 fully saturated rings. The molecule has 3 rings (SSSR count). The molecule has 0 saturated carbocycles. The maximum atomic E-state index is 13.2. The zero-order valence-electron chi connectivity index (χ0n) is 17.3. The molecule has 2 aliphatic rings. The van der Waals surface area contributed by atoms with Crippen LogP contribution in [0.4, 0.5) is 0 Å². The van der Waals surface area contributed by atoms with Gasteiger partial charge < -0.3 is 19.9 Å². The molecule has 6 nitrogen and oxygen atoms in total. The van der Waals surface area contributed by atoms with E-state index in [0.29, 0.717) is 52.1 Å². The maximum Gasteiger partial charge on any atom is 0.336 e. The molecular weight excluding hydrogens is 438 g/mol. The minimum atomic E-state index is -0.599. The van der Waals surface area contributed by atoms with E-state index in [2.05, 4.69) is 35.1 Å². The smallest absolute Gasteiger partial charge is 0.336 e. The number of benzene rings is 1. The van der Waals surface area contributed by atoms with Crippen LogP contribution in [0.5, 0.6) is 11.5 Å². The topological polar surface area (TPSA) is 84.9 Å². The number of allylic oxidation sites excluding steroid dienone is 3. The average Bonchev–Trinajstić information content (AvgIpc) is 2.62. The summed E-state index contributed by atoms with van der Waals surface area (Å²) in [5.41, 5.74) is 2.98. The Morgan fingerprint density at radius 2 is 2.03 bits per heavy atom. The number of ether oxygens (including phenoxy) is 2. The summed E-state index contributed by atoms with van der Waals surface area (Å²) in [6.07, 6.45) is 1.10. The summed E-state index contributed by atoms with van der Waals surface area (Å²) < 4.78 is 11.0. The molecule has 29 heavy (non-hydrogen) atoms. The molecule has 7 heteroatoms. The second-order valence-electron chi connectivity index (χ2n) is 8.20. The molecule has 0 radical (unpaired) electrons. The number of rotatable bonds is 4. The number of methoxy groups -OCH3 is 1. The van der Waals surface area contributed by atoms with E-state index in [9.17, 15) is 14.7 Å². The van der Waals surface area contributed by atoms with E-state index in [0.717, 1.165) is 5.70 Å². The van der Waals surface area contributed by atoms with Crippen LogP contribution < -0.4 is 10.1 Å². The summed E-state index contributed by atoms with van der Waals surface area (Å²) in [5, 5.41) is 13.6. The third kappa shape index (κ3) is 3.92. The summed E-state index contributed by atoms with van der Waals surface area (Å²) in [4.78, 5) is 25.9. The van der Waals surface area contributed by atoms with Gasteiger partial charge in [-0.2, -0.15) is 0 Å². The Morgan fingerprint density at radius 1 is 1.34 bits per heavy atom. The van der Waals surface area contributed by atoms with Gasteiger partial charge in [0, 0.05) is 29.3 Å². The van der Waals surface area contributed by atoms with Gasteiger partial charge in [0.25, 0.3) is 0 Å². The lowest BCUT2D eigenvalue weighted by molar-refractivity contribution is -0.136. The van der Waals surface area contributed by atoms with E-state index in [-0.39, 0.29) is 16.9 Å². The number of hydrogen-bond acceptors (Lipinski definition) is 6. The fraction of sp³-hybridized carbons (Fsp3) is 0.455. The molecule has 2 N–H and O–H groups in total. The fourth-order valence-corrected chi connectivity index (χ4v) is 4.64. The van der Waals surface area contributed by atoms with Gasteiger partial charge in [-0.05, 0) is 59.3 Å². The van der Waals surface area contributed by atoms with Gasteiger partial charge in [-0.15, -0.1) is 0 Å². The zero-order chi connectivity index (χ0) is 21.5. The van der Waals surface area contributed by atoms with Crippen molar-refractivity contribution in [3.05, 3.63) is 44.7 Å². The molecule has 0 aromatic heterocycles. The van der Waals surface area contributed by atoms with Crippen molar-refractivity contribution in [1.29, 1.82) is 0 Å². The zero-order valence-corrected chi connectivity index (χ0v) is 18.9. The molecule has 1 heterocycles. The van der Waals surface area contributed by atoms with Crippen molar-refractivity contribution in [1.82, 2.24) is 5.32 Å². The third-order valence-corrected chi connectivity index (χ3v) is 5.93. The van der Waals surface area contributed by atoms with Crippen molar-refractivity contribution >= 4 is 27.7 Å². The number of esters is 1. The number of aromatic hydroxyl groups is 1. The first-order chi connectivity index (χ1) is 13.6. The van der Waals surface area contributed by atoms with Gasteiger partial charge >= 0.3 is 5.97 Å². The number of carbonyl (C=O) groups is 2. The Morgan fingerprint density at radius 3 is 2.66 bits per heavy atom. The van der Waals surface area contributed by atoms with Crippen molar-refractivity contribution in [3.63, 3.8) is 0 Å². The Labute approximate surface area is 179 Å². The molecule has 0 amide bonds. The Bertz CT molecular complexity index is 945. The number of halogens is 1. The number of ketones is 1. The van der Waals surface area contributed by atoms with Gasteiger partial charge in [-0.3, -0.25) is 4.79 Å². The minimum Gasteiger partial charge on any atom is -0.503 e. The summed E-state index contributed by atoms with van der Waals surface area (Å²) >= 11 is 3.37. The lowest BCUT2D eigenvalue weighted by Crippen LogP contribution is -2.38. The van der Waals surface area contributed by atoms with Gasteiger partial charge in [-0.1, -0.05) is 13.8 Å². The normalized spacial score (nSPS) is 20.9. The monoisotopic (exact) mass is 463 g/mol. The van der Waals surface area contributed by atoms with Crippen molar-refractivity contribution in [2.24, 2.45) is 5.41 Å². The molecule has 1 aliphatic heterocycles. The number of phenolic OH excluding ortho intramolecular Hbond substituents is 1. The van der Waals surface area contributed by atoms with Crippen molar-refractivity contribution in [2.75, 3.05) is 13.7 Å². The van der Waals surface area contributed by atoms with Gasteiger partial charge in [-0.25, -0.2) is 4.79 Å². The van der Waals surface area contributed by atoms with Crippen LogP contribution in [0.25, 0.3) is 0 Å². The molecular formula is C22H26BrNO5. The van der Waals surface area contributed by atoms with E-state index in [1.54, 1.807) is 12.1 Å². The molecule has 0 saturated heterocycles. The van der Waals surface area contributed by atoms with Gasteiger partial charge in [0.15, 0.2) is 17.3 Å². The van der Waals surface area contributed by atoms with Crippen LogP contribution >= 0.6 is 15.9 Å². The molecule has 156 valence electrons. The number of carbonyl (C=O) groups excluding carboxylic acids is 2. The molecule has 0 unspecified atom stereocenters. The van der Waals surface area contributed by atoms with Crippen molar-refractivity contribution in [2.45, 2.75) is 46.5 Å². The first-order valence-corrected chi connectivity index (χ1v) is 10.4. The van der Waals surface area contributed by atoms with Gasteiger partial charge in [0.2, 0.25) is 0 Å². The van der Waals surface area contributed by atoms with E-state index in [1.165, 1.54) is 7.11 Å². The van der Waals surface area contributed by atoms with E-state index in [1.807, 2.05) is 13.8 Å². The number of phenols is 1. The SMILES string of the molecule is CCOc1cc([C@@H]2C(C(=O)OC)=C(C)NC3=C2C(=O)CC(C)(C)C3)cc(Br)c1O. The highest BCUT2D eigenvalue weighted by Crippen LogP contribution is 2.48. The van der Waals surface area contributed by atoms with E-state index < -0.39 is 11.9 Å². The lowest BCUT2D eigenvalue weighted by Gasteiger charge is -2.39. The summed E-state index contributed by atoms with van der Waals surface area (Å²) in [6, 6.07) is 3.41. The fourth-order valence-electron chi connectivity index (χ4n) is 4.18. The molecule has 1 atom stereocenters. The van der Waals surface area contributed by atoms with Crippen LogP contribution in [0.1, 0.15) is 52.0 Å². The highest BCUT2D eigenvalue weighted by Gasteiger charge is 2.43. The predicted octanol–water partition coefficient (Wildman–Crippen LogP) is 4.33.